The van der Waals surface area contributed by atoms with E-state index in [1.165, 1.54) is 0 Å². The average molecular weight is 247 g/mol. The van der Waals surface area contributed by atoms with E-state index in [-0.39, 0.29) is 5.41 Å². The monoisotopic (exact) mass is 247 g/mol. The molecule has 0 radical (unpaired) electrons. The topological polar surface area (TPSA) is 42.2 Å². The normalized spacial score (nSPS) is 10.8. The first kappa shape index (κ1) is 14.4. The van der Waals surface area contributed by atoms with Crippen molar-refractivity contribution in [3.63, 3.8) is 0 Å². The van der Waals surface area contributed by atoms with Crippen molar-refractivity contribution in [2.45, 2.75) is 39.0 Å². The summed E-state index contributed by atoms with van der Waals surface area (Å²) < 4.78 is 11.0. The number of nitriles is 1. The molecule has 1 rings (SSSR count). The molecule has 3 nitrogen and oxygen atoms in total. The minimum absolute atomic E-state index is 0.000891. The molecule has 1 aromatic carbocycles. The molecule has 0 fully saturated rings. The van der Waals surface area contributed by atoms with Gasteiger partial charge in [-0.2, -0.15) is 5.26 Å². The van der Waals surface area contributed by atoms with Gasteiger partial charge in [0.05, 0.1) is 19.8 Å². The highest BCUT2D eigenvalue weighted by Crippen LogP contribution is 2.34. The summed E-state index contributed by atoms with van der Waals surface area (Å²) in [6.45, 7) is 7.00. The molecule has 0 N–H and O–H groups in total. The fourth-order valence-electron chi connectivity index (χ4n) is 1.68. The molecular formula is C15H21NO2. The molecule has 98 valence electrons. The lowest BCUT2D eigenvalue weighted by Gasteiger charge is -2.23. The summed E-state index contributed by atoms with van der Waals surface area (Å²) in [5.74, 6) is 1.71. The Kier molecular flexibility index (Phi) is 5.03. The van der Waals surface area contributed by atoms with Crippen LogP contribution in [0.3, 0.4) is 0 Å². The van der Waals surface area contributed by atoms with Crippen LogP contribution < -0.4 is 9.47 Å². The number of unbranched alkanes of at least 4 members (excludes halogenated alkanes) is 1. The minimum atomic E-state index is -0.000891. The first-order valence-corrected chi connectivity index (χ1v) is 6.17. The van der Waals surface area contributed by atoms with Gasteiger partial charge in [-0.05, 0) is 30.0 Å². The Bertz CT molecular complexity index is 427. The number of hydrogen-bond acceptors (Lipinski definition) is 3. The van der Waals surface area contributed by atoms with Crippen molar-refractivity contribution in [1.29, 1.82) is 5.26 Å². The maximum atomic E-state index is 8.49. The summed E-state index contributed by atoms with van der Waals surface area (Å²) in [5, 5.41) is 8.49. The molecule has 0 aromatic heterocycles. The zero-order valence-electron chi connectivity index (χ0n) is 11.6. The molecule has 0 amide bonds. The molecule has 18 heavy (non-hydrogen) atoms. The lowest BCUT2D eigenvalue weighted by atomic mass is 9.86. The maximum Gasteiger partial charge on any atom is 0.123 e. The van der Waals surface area contributed by atoms with Gasteiger partial charge in [0.1, 0.15) is 11.5 Å². The number of ether oxygens (including phenoxy) is 2. The third-order valence-corrected chi connectivity index (χ3v) is 2.69. The van der Waals surface area contributed by atoms with Crippen LogP contribution in [0.5, 0.6) is 11.5 Å². The predicted octanol–water partition coefficient (Wildman–Crippen LogP) is 3.68. The van der Waals surface area contributed by atoms with Gasteiger partial charge >= 0.3 is 0 Å². The second-order valence-electron chi connectivity index (χ2n) is 5.22. The van der Waals surface area contributed by atoms with E-state index in [4.69, 9.17) is 14.7 Å². The smallest absolute Gasteiger partial charge is 0.123 e. The van der Waals surface area contributed by atoms with E-state index in [9.17, 15) is 0 Å². The Morgan fingerprint density at radius 1 is 1.28 bits per heavy atom. The lowest BCUT2D eigenvalue weighted by Crippen LogP contribution is -2.14. The molecule has 0 aliphatic carbocycles. The van der Waals surface area contributed by atoms with Crippen LogP contribution in [0.4, 0.5) is 0 Å². The summed E-state index contributed by atoms with van der Waals surface area (Å²) in [5.41, 5.74) is 1.12. The van der Waals surface area contributed by atoms with Gasteiger partial charge < -0.3 is 9.47 Å². The summed E-state index contributed by atoms with van der Waals surface area (Å²) in [7, 11) is 1.66. The van der Waals surface area contributed by atoms with Crippen LogP contribution in [0.15, 0.2) is 18.2 Å². The summed E-state index contributed by atoms with van der Waals surface area (Å²) >= 11 is 0. The largest absolute Gasteiger partial charge is 0.497 e. The highest BCUT2D eigenvalue weighted by molar-refractivity contribution is 5.44. The first-order valence-electron chi connectivity index (χ1n) is 6.17. The Morgan fingerprint density at radius 3 is 2.56 bits per heavy atom. The van der Waals surface area contributed by atoms with Crippen LogP contribution in [-0.2, 0) is 5.41 Å². The molecule has 0 saturated heterocycles. The van der Waals surface area contributed by atoms with Crippen molar-refractivity contribution in [2.75, 3.05) is 13.7 Å². The maximum absolute atomic E-state index is 8.49. The van der Waals surface area contributed by atoms with Gasteiger partial charge in [-0.25, -0.2) is 0 Å². The standard InChI is InChI=1S/C15H21NO2/c1-15(2,3)13-11-12(17-4)7-8-14(13)18-10-6-5-9-16/h7-8,11H,5-6,10H2,1-4H3. The molecular weight excluding hydrogens is 226 g/mol. The van der Waals surface area contributed by atoms with Crippen LogP contribution in [0.2, 0.25) is 0 Å². The van der Waals surface area contributed by atoms with Crippen molar-refractivity contribution in [2.24, 2.45) is 0 Å². The molecule has 0 aliphatic heterocycles. The zero-order valence-corrected chi connectivity index (χ0v) is 11.6. The van der Waals surface area contributed by atoms with Gasteiger partial charge in [-0.1, -0.05) is 20.8 Å². The number of hydrogen-bond donors (Lipinski definition) is 0. The third-order valence-electron chi connectivity index (χ3n) is 2.69. The van der Waals surface area contributed by atoms with Crippen molar-refractivity contribution in [1.82, 2.24) is 0 Å². The van der Waals surface area contributed by atoms with Gasteiger partial charge in [-0.3, -0.25) is 0 Å². The third kappa shape index (κ3) is 3.96. The van der Waals surface area contributed by atoms with Crippen LogP contribution in [0.1, 0.15) is 39.2 Å². The Morgan fingerprint density at radius 2 is 2.00 bits per heavy atom. The SMILES string of the molecule is COc1ccc(OCCCC#N)c(C(C)(C)C)c1. The Hall–Kier alpha value is -1.69. The van der Waals surface area contributed by atoms with E-state index in [2.05, 4.69) is 26.8 Å². The van der Waals surface area contributed by atoms with Crippen LogP contribution in [0, 0.1) is 11.3 Å². The van der Waals surface area contributed by atoms with Gasteiger partial charge in [-0.15, -0.1) is 0 Å². The summed E-state index contributed by atoms with van der Waals surface area (Å²) in [6, 6.07) is 7.96. The van der Waals surface area contributed by atoms with E-state index in [1.807, 2.05) is 18.2 Å². The van der Waals surface area contributed by atoms with Crippen molar-refractivity contribution in [3.8, 4) is 17.6 Å². The average Bonchev–Trinajstić information content (AvgIpc) is 2.33. The van der Waals surface area contributed by atoms with Crippen molar-refractivity contribution < 1.29 is 9.47 Å². The van der Waals surface area contributed by atoms with E-state index < -0.39 is 0 Å². The van der Waals surface area contributed by atoms with Gasteiger partial charge in [0.25, 0.3) is 0 Å². The summed E-state index contributed by atoms with van der Waals surface area (Å²) in [4.78, 5) is 0. The van der Waals surface area contributed by atoms with Gasteiger partial charge in [0, 0.05) is 12.0 Å². The predicted molar refractivity (Wildman–Crippen MR) is 72.0 cm³/mol. The Labute approximate surface area is 109 Å². The second kappa shape index (κ2) is 6.30. The molecule has 0 atom stereocenters. The van der Waals surface area contributed by atoms with E-state index >= 15 is 0 Å². The van der Waals surface area contributed by atoms with Crippen LogP contribution >= 0.6 is 0 Å². The number of benzene rings is 1. The fourth-order valence-corrected chi connectivity index (χ4v) is 1.68. The highest BCUT2D eigenvalue weighted by atomic mass is 16.5. The van der Waals surface area contributed by atoms with Gasteiger partial charge in [0.2, 0.25) is 0 Å². The van der Waals surface area contributed by atoms with Crippen LogP contribution in [-0.4, -0.2) is 13.7 Å². The van der Waals surface area contributed by atoms with E-state index in [1.54, 1.807) is 7.11 Å². The number of methoxy groups -OCH3 is 1. The molecule has 0 bridgehead atoms. The number of rotatable bonds is 5. The van der Waals surface area contributed by atoms with Crippen LogP contribution in [0.25, 0.3) is 0 Å². The quantitative estimate of drug-likeness (QED) is 0.745. The molecule has 3 heteroatoms. The second-order valence-corrected chi connectivity index (χ2v) is 5.22. The number of nitrogens with zero attached hydrogens (tertiary/aromatic N) is 1. The highest BCUT2D eigenvalue weighted by Gasteiger charge is 2.19. The molecule has 0 unspecified atom stereocenters. The molecule has 0 aliphatic rings. The molecule has 0 spiro atoms. The molecule has 0 saturated carbocycles. The van der Waals surface area contributed by atoms with E-state index in [0.717, 1.165) is 23.5 Å². The van der Waals surface area contributed by atoms with Crippen molar-refractivity contribution in [3.05, 3.63) is 23.8 Å². The lowest BCUT2D eigenvalue weighted by molar-refractivity contribution is 0.303. The summed E-state index contributed by atoms with van der Waals surface area (Å²) in [6.07, 6.45) is 1.28. The Balaban J connectivity index is 2.86. The van der Waals surface area contributed by atoms with E-state index in [0.29, 0.717) is 13.0 Å². The minimum Gasteiger partial charge on any atom is -0.497 e. The first-order chi connectivity index (χ1) is 8.49. The zero-order chi connectivity index (χ0) is 13.6. The fraction of sp³-hybridized carbons (Fsp3) is 0.533. The van der Waals surface area contributed by atoms with Gasteiger partial charge in [0.15, 0.2) is 0 Å². The molecule has 0 heterocycles. The molecule has 1 aromatic rings. The van der Waals surface area contributed by atoms with Crippen molar-refractivity contribution >= 4 is 0 Å².